The van der Waals surface area contributed by atoms with Gasteiger partial charge in [0.05, 0.1) is 0 Å². The predicted octanol–water partition coefficient (Wildman–Crippen LogP) is 8.25. The summed E-state index contributed by atoms with van der Waals surface area (Å²) in [6, 6.07) is 0. The molecule has 0 fully saturated rings. The SMILES string of the molecule is CC(C)[Si](OS(=O)(=O)C(F)(F)F)(C(C)C)C(F)C(F)(F)C(F)(F)C(F)(F)C(F)(F)C(F)(F)C(F)(F)C(F)C(F)C(F)F. The van der Waals surface area contributed by atoms with Gasteiger partial charge in [0.2, 0.25) is 6.17 Å². The first kappa shape index (κ1) is 40.7. The molecule has 25 heteroatoms. The summed E-state index contributed by atoms with van der Waals surface area (Å²) in [5.41, 5.74) is -11.4. The van der Waals surface area contributed by atoms with Crippen LogP contribution in [-0.2, 0) is 14.0 Å². The van der Waals surface area contributed by atoms with Gasteiger partial charge in [0.1, 0.15) is 0 Å². The minimum atomic E-state index is -8.71. The smallest absolute Gasteiger partial charge is 0.304 e. The summed E-state index contributed by atoms with van der Waals surface area (Å²) in [6.07, 6.45) is -16.1. The Bertz CT molecular complexity index is 1030. The van der Waals surface area contributed by atoms with Crippen LogP contribution in [0, 0.1) is 0 Å². The Morgan fingerprint density at radius 1 is 0.548 bits per heavy atom. The molecule has 0 saturated carbocycles. The van der Waals surface area contributed by atoms with Crippen LogP contribution in [0.5, 0.6) is 0 Å². The van der Waals surface area contributed by atoms with Gasteiger partial charge in [0, 0.05) is 0 Å². The zero-order valence-electron chi connectivity index (χ0n) is 20.7. The predicted molar refractivity (Wildman–Crippen MR) is 102 cm³/mol. The van der Waals surface area contributed by atoms with Gasteiger partial charge >= 0.3 is 51.2 Å². The van der Waals surface area contributed by atoms with Crippen molar-refractivity contribution >= 4 is 18.4 Å². The minimum absolute atomic E-state index is 0.318. The number of halogens is 20. The van der Waals surface area contributed by atoms with Crippen LogP contribution < -0.4 is 0 Å². The molecule has 3 nitrogen and oxygen atoms in total. The lowest BCUT2D eigenvalue weighted by atomic mass is 9.89. The van der Waals surface area contributed by atoms with E-state index in [2.05, 4.69) is 3.87 Å². The van der Waals surface area contributed by atoms with Crippen LogP contribution in [0.15, 0.2) is 0 Å². The van der Waals surface area contributed by atoms with Gasteiger partial charge in [0.15, 0.2) is 12.0 Å². The molecule has 0 N–H and O–H groups in total. The molecule has 3 atom stereocenters. The van der Waals surface area contributed by atoms with Crippen molar-refractivity contribution in [2.24, 2.45) is 0 Å². The summed E-state index contributed by atoms with van der Waals surface area (Å²) in [4.78, 5) is 0. The summed E-state index contributed by atoms with van der Waals surface area (Å²) >= 11 is 0. The Morgan fingerprint density at radius 3 is 1.12 bits per heavy atom. The second-order valence-electron chi connectivity index (χ2n) is 9.23. The summed E-state index contributed by atoms with van der Waals surface area (Å²) in [5.74, 6) is -55.2. The largest absolute Gasteiger partial charge is 0.522 e. The van der Waals surface area contributed by atoms with E-state index >= 15 is 4.39 Å². The lowest BCUT2D eigenvalue weighted by molar-refractivity contribution is -0.432. The monoisotopic (exact) mass is 710 g/mol. The van der Waals surface area contributed by atoms with E-state index in [1.54, 1.807) is 0 Å². The summed E-state index contributed by atoms with van der Waals surface area (Å²) in [6.45, 7) is 1.27. The molecular weight excluding hydrogens is 692 g/mol. The van der Waals surface area contributed by atoms with Gasteiger partial charge in [-0.05, 0) is 11.1 Å². The highest BCUT2D eigenvalue weighted by molar-refractivity contribution is 7.88. The number of hydrogen-bond donors (Lipinski definition) is 0. The summed E-state index contributed by atoms with van der Waals surface area (Å²) in [5, 5.41) is 0. The number of rotatable bonds is 14. The van der Waals surface area contributed by atoms with Crippen molar-refractivity contribution in [3.8, 4) is 0 Å². The molecule has 0 bridgehead atoms. The van der Waals surface area contributed by atoms with Crippen LogP contribution in [-0.4, -0.2) is 82.3 Å². The van der Waals surface area contributed by atoms with E-state index in [4.69, 9.17) is 0 Å². The Kier molecular flexibility index (Phi) is 11.2. The zero-order chi connectivity index (χ0) is 34.7. The van der Waals surface area contributed by atoms with Gasteiger partial charge < -0.3 is 3.87 Å². The van der Waals surface area contributed by atoms with E-state index in [0.717, 1.165) is 0 Å². The highest BCUT2D eigenvalue weighted by Gasteiger charge is 2.92. The normalized spacial score (nSPS) is 18.2. The number of hydrogen-bond acceptors (Lipinski definition) is 3. The molecule has 0 radical (unpaired) electrons. The van der Waals surface area contributed by atoms with Crippen LogP contribution in [0.4, 0.5) is 87.8 Å². The van der Waals surface area contributed by atoms with E-state index in [9.17, 15) is 91.8 Å². The quantitative estimate of drug-likeness (QED) is 0.104. The molecule has 254 valence electrons. The van der Waals surface area contributed by atoms with Crippen LogP contribution in [0.1, 0.15) is 27.7 Å². The van der Waals surface area contributed by atoms with Crippen molar-refractivity contribution in [2.75, 3.05) is 0 Å². The molecular formula is C17H18F20O3SSi. The van der Waals surface area contributed by atoms with Crippen LogP contribution >= 0.6 is 0 Å². The molecule has 3 unspecified atom stereocenters. The fourth-order valence-electron chi connectivity index (χ4n) is 3.48. The molecule has 0 saturated heterocycles. The first-order chi connectivity index (χ1) is 18.0. The molecule has 0 heterocycles. The molecule has 0 aromatic carbocycles. The molecule has 0 aromatic heterocycles. The van der Waals surface area contributed by atoms with E-state index in [1.807, 2.05) is 0 Å². The van der Waals surface area contributed by atoms with Crippen LogP contribution in [0.3, 0.4) is 0 Å². The third-order valence-electron chi connectivity index (χ3n) is 5.94. The van der Waals surface area contributed by atoms with Crippen molar-refractivity contribution in [3.05, 3.63) is 0 Å². The maximum atomic E-state index is 15.2. The van der Waals surface area contributed by atoms with Gasteiger partial charge in [0.25, 0.3) is 14.7 Å². The van der Waals surface area contributed by atoms with E-state index in [-0.39, 0.29) is 0 Å². The maximum Gasteiger partial charge on any atom is 0.522 e. The van der Waals surface area contributed by atoms with Crippen LogP contribution in [0.25, 0.3) is 0 Å². The van der Waals surface area contributed by atoms with E-state index in [0.29, 0.717) is 27.7 Å². The first-order valence-corrected chi connectivity index (χ1v) is 14.1. The summed E-state index contributed by atoms with van der Waals surface area (Å²) in [7, 11) is -13.9. The van der Waals surface area contributed by atoms with Crippen LogP contribution in [0.2, 0.25) is 11.1 Å². The molecule has 0 aliphatic heterocycles. The molecule has 0 amide bonds. The van der Waals surface area contributed by atoms with E-state index in [1.165, 1.54) is 0 Å². The molecule has 0 aromatic rings. The van der Waals surface area contributed by atoms with Crippen molar-refractivity contribution in [3.63, 3.8) is 0 Å². The Morgan fingerprint density at radius 2 is 0.857 bits per heavy atom. The van der Waals surface area contributed by atoms with E-state index < -0.39 is 95.1 Å². The zero-order valence-corrected chi connectivity index (χ0v) is 22.5. The van der Waals surface area contributed by atoms with Crippen molar-refractivity contribution < 1.29 is 100 Å². The second kappa shape index (κ2) is 11.6. The number of alkyl halides is 20. The first-order valence-electron chi connectivity index (χ1n) is 10.5. The van der Waals surface area contributed by atoms with Crippen molar-refractivity contribution in [1.82, 2.24) is 0 Å². The van der Waals surface area contributed by atoms with Gasteiger partial charge in [-0.25, -0.2) is 22.0 Å². The van der Waals surface area contributed by atoms with Gasteiger partial charge in [-0.1, -0.05) is 27.7 Å². The standard InChI is InChI=1S/C17H18F20O3SSi/c1-5(2)42(6(3)4,40-41(38,39)17(35,36)37)10(22)12(25,26)14(29,30)16(33,34)15(31,32)13(27,28)11(23,24)8(19)7(18)9(20)21/h5-10H,1-4H3. The maximum absolute atomic E-state index is 15.2. The highest BCUT2D eigenvalue weighted by atomic mass is 32.2. The lowest BCUT2D eigenvalue weighted by Gasteiger charge is -2.46. The average Bonchev–Trinajstić information content (AvgIpc) is 2.78. The van der Waals surface area contributed by atoms with Gasteiger partial charge in [-0.2, -0.15) is 74.3 Å². The molecule has 42 heavy (non-hydrogen) atoms. The summed E-state index contributed by atoms with van der Waals surface area (Å²) < 4.78 is 299. The fourth-order valence-corrected chi connectivity index (χ4v) is 10.5. The fraction of sp³-hybridized carbons (Fsp3) is 1.00. The second-order valence-corrected chi connectivity index (χ2v) is 15.8. The van der Waals surface area contributed by atoms with Gasteiger partial charge in [-0.3, -0.25) is 0 Å². The lowest BCUT2D eigenvalue weighted by Crippen LogP contribution is -2.75. The minimum Gasteiger partial charge on any atom is -0.304 e. The molecule has 0 rings (SSSR count). The molecule has 0 spiro atoms. The Balaban J connectivity index is 7.33. The third-order valence-corrected chi connectivity index (χ3v) is 13.3. The molecule has 0 aliphatic carbocycles. The van der Waals surface area contributed by atoms with Crippen molar-refractivity contribution in [2.45, 2.75) is 104 Å². The van der Waals surface area contributed by atoms with Gasteiger partial charge in [-0.15, -0.1) is 0 Å². The van der Waals surface area contributed by atoms with Crippen molar-refractivity contribution in [1.29, 1.82) is 0 Å². The Hall–Kier alpha value is -1.27. The highest BCUT2D eigenvalue weighted by Crippen LogP contribution is 2.63. The average molecular weight is 710 g/mol. The molecule has 0 aliphatic rings. The topological polar surface area (TPSA) is 43.4 Å². The Labute approximate surface area is 223 Å². The third kappa shape index (κ3) is 5.89.